The van der Waals surface area contributed by atoms with Crippen LogP contribution in [0.5, 0.6) is 0 Å². The summed E-state index contributed by atoms with van der Waals surface area (Å²) in [5, 5.41) is 7.30. The van der Waals surface area contributed by atoms with Gasteiger partial charge in [-0.25, -0.2) is 0 Å². The molecule has 0 aromatic carbocycles. The molecule has 92 valence electrons. The molecule has 0 amide bonds. The molecule has 2 atom stereocenters. The highest BCUT2D eigenvalue weighted by atomic mass is 15.2. The summed E-state index contributed by atoms with van der Waals surface area (Å²) in [6.45, 7) is 17.9. The zero-order chi connectivity index (χ0) is 12.3. The molecular formula is C13H30N2. The molecule has 0 saturated carbocycles. The van der Waals surface area contributed by atoms with Crippen molar-refractivity contribution in [3.63, 3.8) is 0 Å². The van der Waals surface area contributed by atoms with Gasteiger partial charge in [-0.3, -0.25) is 10.6 Å². The Kier molecular flexibility index (Phi) is 5.28. The first-order chi connectivity index (χ1) is 6.56. The van der Waals surface area contributed by atoms with Crippen LogP contribution in [-0.4, -0.2) is 17.7 Å². The molecule has 2 nitrogen and oxygen atoms in total. The topological polar surface area (TPSA) is 24.1 Å². The summed E-state index contributed by atoms with van der Waals surface area (Å²) in [5.74, 6) is 0. The summed E-state index contributed by atoms with van der Waals surface area (Å²) in [6, 6.07) is 0.559. The minimum atomic E-state index is 0.151. The quantitative estimate of drug-likeness (QED) is 0.703. The summed E-state index contributed by atoms with van der Waals surface area (Å²) in [4.78, 5) is 0. The SMILES string of the molecule is CCC(C)NC(NC(C)(C)C)C(C)(C)C. The molecule has 0 aliphatic heterocycles. The van der Waals surface area contributed by atoms with E-state index in [-0.39, 0.29) is 11.0 Å². The molecule has 0 spiro atoms. The Morgan fingerprint density at radius 3 is 1.73 bits per heavy atom. The van der Waals surface area contributed by atoms with Crippen molar-refractivity contribution in [2.24, 2.45) is 5.41 Å². The van der Waals surface area contributed by atoms with Crippen molar-refractivity contribution in [3.05, 3.63) is 0 Å². The van der Waals surface area contributed by atoms with Gasteiger partial charge in [-0.2, -0.15) is 0 Å². The molecule has 0 fully saturated rings. The maximum absolute atomic E-state index is 3.65. The Bertz CT molecular complexity index is 174. The van der Waals surface area contributed by atoms with Crippen molar-refractivity contribution in [1.82, 2.24) is 10.6 Å². The molecule has 2 unspecified atom stereocenters. The summed E-state index contributed by atoms with van der Waals surface area (Å²) >= 11 is 0. The first-order valence-corrected chi connectivity index (χ1v) is 6.10. The Morgan fingerprint density at radius 1 is 1.00 bits per heavy atom. The van der Waals surface area contributed by atoms with Crippen molar-refractivity contribution in [1.29, 1.82) is 0 Å². The molecule has 0 aromatic heterocycles. The maximum atomic E-state index is 3.65. The molecule has 0 rings (SSSR count). The van der Waals surface area contributed by atoms with Crippen LogP contribution in [0, 0.1) is 5.41 Å². The average Bonchev–Trinajstić information content (AvgIpc) is 1.98. The summed E-state index contributed by atoms with van der Waals surface area (Å²) in [5.41, 5.74) is 0.384. The fourth-order valence-corrected chi connectivity index (χ4v) is 1.34. The first-order valence-electron chi connectivity index (χ1n) is 6.10. The standard InChI is InChI=1S/C13H30N2/c1-9-10(2)14-11(12(3,4)5)15-13(6,7)8/h10-11,14-15H,9H2,1-8H3. The van der Waals surface area contributed by atoms with Gasteiger partial charge in [0.2, 0.25) is 0 Å². The minimum absolute atomic E-state index is 0.151. The van der Waals surface area contributed by atoms with Crippen LogP contribution in [0.1, 0.15) is 61.8 Å². The van der Waals surface area contributed by atoms with Crippen LogP contribution < -0.4 is 10.6 Å². The lowest BCUT2D eigenvalue weighted by Gasteiger charge is -2.39. The molecule has 0 aromatic rings. The van der Waals surface area contributed by atoms with Gasteiger partial charge in [0.1, 0.15) is 0 Å². The van der Waals surface area contributed by atoms with E-state index in [2.05, 4.69) is 66.0 Å². The van der Waals surface area contributed by atoms with Gasteiger partial charge in [-0.15, -0.1) is 0 Å². The van der Waals surface area contributed by atoms with Crippen LogP contribution in [0.15, 0.2) is 0 Å². The minimum Gasteiger partial charge on any atom is -0.299 e. The van der Waals surface area contributed by atoms with Crippen LogP contribution in [0.2, 0.25) is 0 Å². The molecule has 0 saturated heterocycles. The molecule has 2 heteroatoms. The normalized spacial score (nSPS) is 17.6. The predicted octanol–water partition coefficient (Wildman–Crippen LogP) is 3.13. The summed E-state index contributed by atoms with van der Waals surface area (Å²) < 4.78 is 0. The van der Waals surface area contributed by atoms with Crippen LogP contribution in [0.3, 0.4) is 0 Å². The monoisotopic (exact) mass is 214 g/mol. The highest BCUT2D eigenvalue weighted by molar-refractivity contribution is 4.85. The Hall–Kier alpha value is -0.0800. The van der Waals surface area contributed by atoms with Gasteiger partial charge in [0.25, 0.3) is 0 Å². The molecule has 2 N–H and O–H groups in total. The van der Waals surface area contributed by atoms with Gasteiger partial charge in [-0.1, -0.05) is 27.7 Å². The van der Waals surface area contributed by atoms with Crippen molar-refractivity contribution in [2.75, 3.05) is 0 Å². The van der Waals surface area contributed by atoms with Gasteiger partial charge >= 0.3 is 0 Å². The zero-order valence-electron chi connectivity index (χ0n) is 11.9. The summed E-state index contributed by atoms with van der Waals surface area (Å²) in [7, 11) is 0. The Balaban J connectivity index is 4.47. The Morgan fingerprint density at radius 2 is 1.47 bits per heavy atom. The van der Waals surface area contributed by atoms with Crippen LogP contribution >= 0.6 is 0 Å². The van der Waals surface area contributed by atoms with E-state index in [1.807, 2.05) is 0 Å². The van der Waals surface area contributed by atoms with E-state index in [1.165, 1.54) is 6.42 Å². The third-order valence-corrected chi connectivity index (χ3v) is 2.51. The zero-order valence-corrected chi connectivity index (χ0v) is 11.9. The van der Waals surface area contributed by atoms with Crippen molar-refractivity contribution >= 4 is 0 Å². The molecule has 15 heavy (non-hydrogen) atoms. The molecule has 0 aliphatic rings. The van der Waals surface area contributed by atoms with Gasteiger partial charge in [0.15, 0.2) is 0 Å². The highest BCUT2D eigenvalue weighted by Crippen LogP contribution is 2.20. The number of nitrogens with one attached hydrogen (secondary N) is 2. The lowest BCUT2D eigenvalue weighted by atomic mass is 9.89. The van der Waals surface area contributed by atoms with Crippen molar-refractivity contribution in [2.45, 2.75) is 79.6 Å². The van der Waals surface area contributed by atoms with Crippen molar-refractivity contribution < 1.29 is 0 Å². The Labute approximate surface area is 96.2 Å². The average molecular weight is 214 g/mol. The predicted molar refractivity (Wildman–Crippen MR) is 69.0 cm³/mol. The maximum Gasteiger partial charge on any atom is 0.0627 e. The number of hydrogen-bond donors (Lipinski definition) is 2. The van der Waals surface area contributed by atoms with Crippen LogP contribution in [0.25, 0.3) is 0 Å². The number of hydrogen-bond acceptors (Lipinski definition) is 2. The van der Waals surface area contributed by atoms with Crippen LogP contribution in [-0.2, 0) is 0 Å². The smallest absolute Gasteiger partial charge is 0.0627 e. The van der Waals surface area contributed by atoms with Gasteiger partial charge < -0.3 is 0 Å². The summed E-state index contributed by atoms with van der Waals surface area (Å²) in [6.07, 6.45) is 1.52. The second kappa shape index (κ2) is 5.31. The second-order valence-electron chi connectivity index (χ2n) is 6.67. The van der Waals surface area contributed by atoms with E-state index in [0.29, 0.717) is 12.2 Å². The molecule has 0 bridgehead atoms. The van der Waals surface area contributed by atoms with Gasteiger partial charge in [0, 0.05) is 11.6 Å². The second-order valence-corrected chi connectivity index (χ2v) is 6.67. The van der Waals surface area contributed by atoms with E-state index >= 15 is 0 Å². The molecule has 0 heterocycles. The third-order valence-electron chi connectivity index (χ3n) is 2.51. The van der Waals surface area contributed by atoms with E-state index in [1.54, 1.807) is 0 Å². The molecule has 0 radical (unpaired) electrons. The van der Waals surface area contributed by atoms with E-state index < -0.39 is 0 Å². The first kappa shape index (κ1) is 14.9. The van der Waals surface area contributed by atoms with E-state index in [4.69, 9.17) is 0 Å². The highest BCUT2D eigenvalue weighted by Gasteiger charge is 2.28. The fourth-order valence-electron chi connectivity index (χ4n) is 1.34. The molecule has 0 aliphatic carbocycles. The van der Waals surface area contributed by atoms with Crippen LogP contribution in [0.4, 0.5) is 0 Å². The lowest BCUT2D eigenvalue weighted by Crippen LogP contribution is -2.59. The van der Waals surface area contributed by atoms with Crippen molar-refractivity contribution in [3.8, 4) is 0 Å². The van der Waals surface area contributed by atoms with E-state index in [0.717, 1.165) is 0 Å². The number of rotatable bonds is 4. The van der Waals surface area contributed by atoms with Gasteiger partial charge in [0.05, 0.1) is 6.17 Å². The largest absolute Gasteiger partial charge is 0.299 e. The molecular weight excluding hydrogens is 184 g/mol. The lowest BCUT2D eigenvalue weighted by molar-refractivity contribution is 0.170. The van der Waals surface area contributed by atoms with Gasteiger partial charge in [-0.05, 0) is 39.5 Å². The fraction of sp³-hybridized carbons (Fsp3) is 1.00. The third kappa shape index (κ3) is 6.91. The van der Waals surface area contributed by atoms with E-state index in [9.17, 15) is 0 Å².